The van der Waals surface area contributed by atoms with E-state index < -0.39 is 5.91 Å². The quantitative estimate of drug-likeness (QED) is 0.382. The van der Waals surface area contributed by atoms with Crippen LogP contribution in [0.5, 0.6) is 0 Å². The summed E-state index contributed by atoms with van der Waals surface area (Å²) in [6.07, 6.45) is 1.73. The van der Waals surface area contributed by atoms with E-state index in [0.717, 1.165) is 19.4 Å². The molecule has 5 N–H and O–H groups in total. The highest BCUT2D eigenvalue weighted by atomic mass is 35.5. The molecular formula is C25H32ClN7O4. The Morgan fingerprint density at radius 2 is 1.84 bits per heavy atom. The highest BCUT2D eigenvalue weighted by molar-refractivity contribution is 6.18. The van der Waals surface area contributed by atoms with Gasteiger partial charge in [-0.2, -0.15) is 0 Å². The molecule has 2 fully saturated rings. The predicted molar refractivity (Wildman–Crippen MR) is 142 cm³/mol. The molecule has 12 heteroatoms. The van der Waals surface area contributed by atoms with Crippen LogP contribution in [0.4, 0.5) is 22.1 Å². The topological polar surface area (TPSA) is 142 Å². The zero-order chi connectivity index (χ0) is 26.2. The van der Waals surface area contributed by atoms with Gasteiger partial charge in [0.1, 0.15) is 11.6 Å². The van der Waals surface area contributed by atoms with Crippen LogP contribution in [0.3, 0.4) is 0 Å². The maximum Gasteiger partial charge on any atom is 0.315 e. The number of anilines is 3. The highest BCUT2D eigenvalue weighted by Crippen LogP contribution is 2.25. The summed E-state index contributed by atoms with van der Waals surface area (Å²) in [5.74, 6) is 0.696. The summed E-state index contributed by atoms with van der Waals surface area (Å²) in [5.41, 5.74) is 7.10. The van der Waals surface area contributed by atoms with Crippen molar-refractivity contribution in [1.82, 2.24) is 20.5 Å². The van der Waals surface area contributed by atoms with Gasteiger partial charge in [-0.1, -0.05) is 0 Å². The normalized spacial score (nSPS) is 17.7. The number of hydrogen-bond donors (Lipinski definition) is 4. The first-order valence-corrected chi connectivity index (χ1v) is 12.9. The molecule has 3 heterocycles. The summed E-state index contributed by atoms with van der Waals surface area (Å²) in [6.45, 7) is 3.97. The number of alkyl halides is 1. The van der Waals surface area contributed by atoms with Crippen LogP contribution in [0.25, 0.3) is 0 Å². The van der Waals surface area contributed by atoms with Crippen molar-refractivity contribution in [2.45, 2.75) is 18.9 Å². The molecule has 2 saturated heterocycles. The van der Waals surface area contributed by atoms with Crippen molar-refractivity contribution in [2.75, 3.05) is 62.0 Å². The van der Waals surface area contributed by atoms with Crippen LogP contribution in [-0.4, -0.2) is 85.6 Å². The van der Waals surface area contributed by atoms with Gasteiger partial charge in [-0.15, -0.1) is 11.6 Å². The van der Waals surface area contributed by atoms with E-state index in [1.807, 2.05) is 0 Å². The maximum atomic E-state index is 12.7. The fourth-order valence-corrected chi connectivity index (χ4v) is 4.50. The fraction of sp³-hybridized carbons (Fsp3) is 0.440. The van der Waals surface area contributed by atoms with Gasteiger partial charge >= 0.3 is 6.03 Å². The molecule has 2 aliphatic rings. The second-order valence-corrected chi connectivity index (χ2v) is 9.29. The molecule has 4 rings (SSSR count). The Bertz CT molecular complexity index is 1110. The van der Waals surface area contributed by atoms with E-state index in [-0.39, 0.29) is 23.5 Å². The van der Waals surface area contributed by atoms with Crippen LogP contribution < -0.4 is 26.6 Å². The lowest BCUT2D eigenvalue weighted by molar-refractivity contribution is 0.0303. The second-order valence-electron chi connectivity index (χ2n) is 8.91. The van der Waals surface area contributed by atoms with E-state index in [0.29, 0.717) is 68.2 Å². The molecule has 1 aromatic carbocycles. The van der Waals surface area contributed by atoms with Gasteiger partial charge in [0.25, 0.3) is 11.8 Å². The van der Waals surface area contributed by atoms with Crippen LogP contribution >= 0.6 is 11.6 Å². The van der Waals surface area contributed by atoms with Crippen molar-refractivity contribution < 1.29 is 19.1 Å². The molecule has 0 radical (unpaired) electrons. The molecule has 2 aliphatic heterocycles. The Hall–Kier alpha value is -3.57. The lowest BCUT2D eigenvalue weighted by Crippen LogP contribution is -2.51. The number of nitrogens with one attached hydrogen (secondary N) is 3. The largest absolute Gasteiger partial charge is 0.378 e. The van der Waals surface area contributed by atoms with Gasteiger partial charge in [0.15, 0.2) is 0 Å². The summed E-state index contributed by atoms with van der Waals surface area (Å²) >= 11 is 5.63. The van der Waals surface area contributed by atoms with Crippen molar-refractivity contribution in [1.29, 1.82) is 0 Å². The van der Waals surface area contributed by atoms with Gasteiger partial charge in [-0.3, -0.25) is 9.59 Å². The number of ether oxygens (including phenoxy) is 1. The summed E-state index contributed by atoms with van der Waals surface area (Å²) in [5, 5.41) is 8.85. The number of carbonyl (C=O) groups excluding carboxylic acids is 3. The van der Waals surface area contributed by atoms with Crippen LogP contribution in [0.1, 0.15) is 33.6 Å². The third-order valence-corrected chi connectivity index (χ3v) is 6.49. The molecule has 11 nitrogen and oxygen atoms in total. The zero-order valence-corrected chi connectivity index (χ0v) is 21.3. The lowest BCUT2D eigenvalue weighted by atomic mass is 10.1. The number of halogens is 1. The Balaban J connectivity index is 1.46. The minimum absolute atomic E-state index is 0.0441. The minimum Gasteiger partial charge on any atom is -0.378 e. The number of nitrogens with zero attached hydrogens (tertiary/aromatic N) is 3. The minimum atomic E-state index is -0.602. The molecule has 1 atom stereocenters. The number of piperidine rings is 1. The molecule has 1 unspecified atom stereocenters. The number of nitrogens with two attached hydrogens (primary N) is 1. The van der Waals surface area contributed by atoms with E-state index in [2.05, 4.69) is 25.8 Å². The smallest absolute Gasteiger partial charge is 0.315 e. The molecule has 0 aliphatic carbocycles. The first-order chi connectivity index (χ1) is 17.9. The van der Waals surface area contributed by atoms with Gasteiger partial charge in [-0.05, 0) is 49.2 Å². The predicted octanol–water partition coefficient (Wildman–Crippen LogP) is 1.90. The number of pyridine rings is 1. The lowest BCUT2D eigenvalue weighted by Gasteiger charge is -2.34. The highest BCUT2D eigenvalue weighted by Gasteiger charge is 2.24. The number of urea groups is 1. The van der Waals surface area contributed by atoms with Crippen molar-refractivity contribution >= 4 is 46.8 Å². The molecule has 198 valence electrons. The molecule has 4 amide bonds. The molecule has 0 spiro atoms. The number of hydrogen-bond acceptors (Lipinski definition) is 7. The Labute approximate surface area is 220 Å². The molecule has 0 saturated carbocycles. The second kappa shape index (κ2) is 12.6. The summed E-state index contributed by atoms with van der Waals surface area (Å²) < 4.78 is 5.31. The number of aromatic nitrogens is 1. The van der Waals surface area contributed by atoms with Gasteiger partial charge in [0, 0.05) is 55.9 Å². The Kier molecular flexibility index (Phi) is 9.02. The van der Waals surface area contributed by atoms with Crippen molar-refractivity contribution in [2.24, 2.45) is 5.73 Å². The van der Waals surface area contributed by atoms with E-state index >= 15 is 0 Å². The molecule has 37 heavy (non-hydrogen) atoms. The fourth-order valence-electron chi connectivity index (χ4n) is 4.40. The first-order valence-electron chi connectivity index (χ1n) is 12.3. The van der Waals surface area contributed by atoms with Crippen molar-refractivity contribution in [3.8, 4) is 0 Å². The molecule has 1 aromatic heterocycles. The van der Waals surface area contributed by atoms with Gasteiger partial charge in [-0.25, -0.2) is 9.78 Å². The number of rotatable bonds is 8. The Morgan fingerprint density at radius 1 is 1.08 bits per heavy atom. The van der Waals surface area contributed by atoms with E-state index in [1.54, 1.807) is 41.3 Å². The Morgan fingerprint density at radius 3 is 2.54 bits per heavy atom. The maximum absolute atomic E-state index is 12.7. The van der Waals surface area contributed by atoms with Crippen molar-refractivity contribution in [3.05, 3.63) is 47.5 Å². The number of carbonyl (C=O) groups is 3. The van der Waals surface area contributed by atoms with Crippen molar-refractivity contribution in [3.63, 3.8) is 0 Å². The number of amides is 4. The van der Waals surface area contributed by atoms with Crippen LogP contribution in [0.2, 0.25) is 0 Å². The van der Waals surface area contributed by atoms with Gasteiger partial charge < -0.3 is 36.2 Å². The molecule has 0 bridgehead atoms. The average molecular weight is 530 g/mol. The number of primary amides is 1. The average Bonchev–Trinajstić information content (AvgIpc) is 2.92. The third kappa shape index (κ3) is 7.01. The van der Waals surface area contributed by atoms with Gasteiger partial charge in [0.2, 0.25) is 0 Å². The molecular weight excluding hydrogens is 498 g/mol. The standard InChI is InChI=1S/C25H32ClN7O4/c26-9-10-28-25(36)30-19-2-1-11-33(16-19)21-8-7-20(22(27)34)23(31-21)29-18-5-3-17(4-6-18)24(35)32-12-14-37-15-13-32/h3-8,19H,1-2,9-16H2,(H2,27,34)(H,29,31)(H2,28,30,36). The van der Waals surface area contributed by atoms with E-state index in [4.69, 9.17) is 22.1 Å². The first kappa shape index (κ1) is 26.5. The van der Waals surface area contributed by atoms with Gasteiger partial charge in [0.05, 0.1) is 18.8 Å². The zero-order valence-electron chi connectivity index (χ0n) is 20.5. The SMILES string of the molecule is NC(=O)c1ccc(N2CCCC(NC(=O)NCCCl)C2)nc1Nc1ccc(C(=O)N2CCOCC2)cc1. The van der Waals surface area contributed by atoms with Crippen LogP contribution in [-0.2, 0) is 4.74 Å². The number of morpholine rings is 1. The summed E-state index contributed by atoms with van der Waals surface area (Å²) in [6, 6.07) is 10.1. The monoisotopic (exact) mass is 529 g/mol. The summed E-state index contributed by atoms with van der Waals surface area (Å²) in [7, 11) is 0. The van der Waals surface area contributed by atoms with E-state index in [1.165, 1.54) is 0 Å². The third-order valence-electron chi connectivity index (χ3n) is 6.30. The van der Waals surface area contributed by atoms with E-state index in [9.17, 15) is 14.4 Å². The summed E-state index contributed by atoms with van der Waals surface area (Å²) in [4.78, 5) is 45.4. The molecule has 2 aromatic rings. The van der Waals surface area contributed by atoms with Crippen LogP contribution in [0.15, 0.2) is 36.4 Å². The van der Waals surface area contributed by atoms with Crippen LogP contribution in [0, 0.1) is 0 Å². The number of benzene rings is 1.